The highest BCUT2D eigenvalue weighted by Crippen LogP contribution is 2.30. The van der Waals surface area contributed by atoms with Crippen LogP contribution in [0.4, 0.5) is 0 Å². The number of carbonyl (C=O) groups excluding carboxylic acids is 1. The summed E-state index contributed by atoms with van der Waals surface area (Å²) in [6.07, 6.45) is 1.87. The van der Waals surface area contributed by atoms with Gasteiger partial charge in [0.2, 0.25) is 0 Å². The smallest absolute Gasteiger partial charge is 0.331 e. The van der Waals surface area contributed by atoms with Gasteiger partial charge in [0, 0.05) is 22.7 Å². The fourth-order valence-electron chi connectivity index (χ4n) is 3.26. The quantitative estimate of drug-likeness (QED) is 0.165. The largest absolute Gasteiger partial charge is 0.480 e. The SMILES string of the molecule is CSCCC(N)(C(=O)O)C(=O)c1ccc(CSS(=O)NCc2cccs2)cc1-c1ccccc1. The zero-order chi connectivity index (χ0) is 24.6. The predicted octanol–water partition coefficient (Wildman–Crippen LogP) is 4.73. The van der Waals surface area contributed by atoms with Gasteiger partial charge >= 0.3 is 5.97 Å². The van der Waals surface area contributed by atoms with E-state index in [1.807, 2.05) is 60.2 Å². The van der Waals surface area contributed by atoms with Crippen LogP contribution in [0.15, 0.2) is 66.0 Å². The van der Waals surface area contributed by atoms with Gasteiger partial charge in [-0.25, -0.2) is 13.7 Å². The van der Waals surface area contributed by atoms with Gasteiger partial charge in [0.05, 0.1) is 0 Å². The summed E-state index contributed by atoms with van der Waals surface area (Å²) in [4.78, 5) is 26.5. The Morgan fingerprint density at radius 3 is 2.56 bits per heavy atom. The van der Waals surface area contributed by atoms with Crippen LogP contribution in [0, 0.1) is 0 Å². The molecule has 4 N–H and O–H groups in total. The molecule has 34 heavy (non-hydrogen) atoms. The molecule has 0 fully saturated rings. The molecule has 0 spiro atoms. The van der Waals surface area contributed by atoms with Gasteiger partial charge in [0.25, 0.3) is 0 Å². The normalized spacial score (nSPS) is 13.8. The molecular weight excluding hydrogens is 509 g/mol. The lowest BCUT2D eigenvalue weighted by Gasteiger charge is -2.24. The molecule has 0 radical (unpaired) electrons. The van der Waals surface area contributed by atoms with Gasteiger partial charge < -0.3 is 10.8 Å². The van der Waals surface area contributed by atoms with E-state index >= 15 is 0 Å². The topological polar surface area (TPSA) is 109 Å². The van der Waals surface area contributed by atoms with Crippen molar-refractivity contribution in [2.45, 2.75) is 24.3 Å². The third-order valence-corrected chi connectivity index (χ3v) is 9.06. The van der Waals surface area contributed by atoms with E-state index in [4.69, 9.17) is 5.73 Å². The molecule has 0 aliphatic rings. The summed E-state index contributed by atoms with van der Waals surface area (Å²) in [5.41, 5.74) is 6.67. The van der Waals surface area contributed by atoms with Crippen LogP contribution in [-0.2, 0) is 27.1 Å². The number of Topliss-reactive ketones (excluding diaryl/α,β-unsaturated/α-hetero) is 1. The number of aliphatic carboxylic acids is 1. The lowest BCUT2D eigenvalue weighted by molar-refractivity contribution is -0.141. The minimum absolute atomic E-state index is 0.0308. The first kappa shape index (κ1) is 26.7. The second-order valence-corrected chi connectivity index (χ2v) is 12.4. The van der Waals surface area contributed by atoms with E-state index in [9.17, 15) is 18.9 Å². The Labute approximate surface area is 213 Å². The molecule has 0 bridgehead atoms. The van der Waals surface area contributed by atoms with Crippen LogP contribution in [0.3, 0.4) is 0 Å². The molecule has 3 rings (SSSR count). The number of thiophene rings is 1. The van der Waals surface area contributed by atoms with Gasteiger partial charge in [-0.15, -0.1) is 11.3 Å². The van der Waals surface area contributed by atoms with Gasteiger partial charge in [-0.05, 0) is 63.4 Å². The average molecular weight is 535 g/mol. The van der Waals surface area contributed by atoms with Crippen molar-refractivity contribution < 1.29 is 18.9 Å². The summed E-state index contributed by atoms with van der Waals surface area (Å²) >= 11 is 3.04. The van der Waals surface area contributed by atoms with Gasteiger partial charge in [-0.1, -0.05) is 48.5 Å². The molecule has 0 amide bonds. The van der Waals surface area contributed by atoms with E-state index in [1.165, 1.54) is 22.6 Å². The van der Waals surface area contributed by atoms with Gasteiger partial charge in [0.1, 0.15) is 0 Å². The number of nitrogens with one attached hydrogen (secondary N) is 1. The third kappa shape index (κ3) is 6.80. The number of rotatable bonds is 13. The summed E-state index contributed by atoms with van der Waals surface area (Å²) in [6, 6.07) is 18.5. The van der Waals surface area contributed by atoms with Gasteiger partial charge in [0.15, 0.2) is 21.3 Å². The Bertz CT molecular complexity index is 1140. The Balaban J connectivity index is 1.84. The summed E-state index contributed by atoms with van der Waals surface area (Å²) in [6.45, 7) is 0.532. The number of carboxylic acid groups (broad SMARTS) is 1. The number of ketones is 1. The molecule has 0 aliphatic heterocycles. The minimum atomic E-state index is -2.00. The predicted molar refractivity (Wildman–Crippen MR) is 144 cm³/mol. The van der Waals surface area contributed by atoms with Crippen molar-refractivity contribution in [3.05, 3.63) is 82.0 Å². The summed E-state index contributed by atoms with van der Waals surface area (Å²) in [7, 11) is -0.0378. The molecule has 1 aromatic heterocycles. The zero-order valence-electron chi connectivity index (χ0n) is 18.6. The van der Waals surface area contributed by atoms with Crippen LogP contribution < -0.4 is 10.5 Å². The maximum atomic E-state index is 13.4. The van der Waals surface area contributed by atoms with Crippen LogP contribution >= 0.6 is 33.9 Å². The number of carboxylic acids is 1. The van der Waals surface area contributed by atoms with Crippen LogP contribution in [0.25, 0.3) is 11.1 Å². The maximum absolute atomic E-state index is 13.4. The molecule has 180 valence electrons. The first-order valence-corrected chi connectivity index (χ1v) is 15.3. The highest BCUT2D eigenvalue weighted by atomic mass is 33.1. The van der Waals surface area contributed by atoms with Crippen LogP contribution in [-0.4, -0.2) is 38.6 Å². The third-order valence-electron chi connectivity index (χ3n) is 5.18. The van der Waals surface area contributed by atoms with E-state index in [2.05, 4.69) is 4.72 Å². The Morgan fingerprint density at radius 1 is 1.15 bits per heavy atom. The highest BCUT2D eigenvalue weighted by Gasteiger charge is 2.42. The van der Waals surface area contributed by atoms with E-state index in [1.54, 1.807) is 23.5 Å². The second kappa shape index (κ2) is 12.7. The van der Waals surface area contributed by atoms with Crippen molar-refractivity contribution in [2.75, 3.05) is 12.0 Å². The number of benzene rings is 2. The van der Waals surface area contributed by atoms with E-state index < -0.39 is 27.3 Å². The van der Waals surface area contributed by atoms with E-state index in [0.29, 0.717) is 23.6 Å². The number of hydrogen-bond donors (Lipinski definition) is 3. The van der Waals surface area contributed by atoms with Crippen LogP contribution in [0.5, 0.6) is 0 Å². The summed E-state index contributed by atoms with van der Waals surface area (Å²) in [5.74, 6) is -1.04. The maximum Gasteiger partial charge on any atom is 0.331 e. The molecule has 2 unspecified atom stereocenters. The molecule has 1 heterocycles. The van der Waals surface area contributed by atoms with E-state index in [0.717, 1.165) is 16.0 Å². The van der Waals surface area contributed by atoms with Crippen molar-refractivity contribution in [1.82, 2.24) is 4.72 Å². The average Bonchev–Trinajstić information content (AvgIpc) is 3.38. The zero-order valence-corrected chi connectivity index (χ0v) is 21.8. The molecule has 3 aromatic rings. The highest BCUT2D eigenvalue weighted by molar-refractivity contribution is 8.68. The van der Waals surface area contributed by atoms with Crippen LogP contribution in [0.2, 0.25) is 0 Å². The Kier molecular flexibility index (Phi) is 9.93. The first-order valence-electron chi connectivity index (χ1n) is 10.4. The fourth-order valence-corrected chi connectivity index (χ4v) is 6.46. The number of thioether (sulfide) groups is 1. The van der Waals surface area contributed by atoms with Crippen molar-refractivity contribution in [2.24, 2.45) is 5.73 Å². The molecular formula is C24H26N2O4S4. The first-order chi connectivity index (χ1) is 16.3. The van der Waals surface area contributed by atoms with Gasteiger partial charge in [-0.3, -0.25) is 4.79 Å². The molecule has 10 heteroatoms. The van der Waals surface area contributed by atoms with Crippen molar-refractivity contribution in [3.8, 4) is 11.1 Å². The molecule has 0 saturated carbocycles. The Morgan fingerprint density at radius 2 is 1.91 bits per heavy atom. The lowest BCUT2D eigenvalue weighted by atomic mass is 9.84. The van der Waals surface area contributed by atoms with E-state index in [-0.39, 0.29) is 12.0 Å². The molecule has 0 aliphatic carbocycles. The second-order valence-electron chi connectivity index (χ2n) is 7.49. The summed E-state index contributed by atoms with van der Waals surface area (Å²) in [5, 5.41) is 11.7. The molecule has 0 saturated heterocycles. The Hall–Kier alpha value is -1.95. The van der Waals surface area contributed by atoms with Crippen molar-refractivity contribution in [1.29, 1.82) is 0 Å². The van der Waals surface area contributed by atoms with Crippen molar-refractivity contribution >= 4 is 55.7 Å². The lowest BCUT2D eigenvalue weighted by Crippen LogP contribution is -2.55. The van der Waals surface area contributed by atoms with Crippen molar-refractivity contribution in [3.63, 3.8) is 0 Å². The number of hydrogen-bond acceptors (Lipinski definition) is 7. The van der Waals surface area contributed by atoms with Crippen LogP contribution in [0.1, 0.15) is 27.2 Å². The fraction of sp³-hybridized carbons (Fsp3) is 0.250. The molecule has 2 aromatic carbocycles. The minimum Gasteiger partial charge on any atom is -0.480 e. The van der Waals surface area contributed by atoms with Gasteiger partial charge in [-0.2, -0.15) is 11.8 Å². The molecule has 6 nitrogen and oxygen atoms in total. The number of nitrogens with two attached hydrogens (primary N) is 1. The molecule has 2 atom stereocenters. The standard InChI is InChI=1S/C24H26N2O4S4/c1-31-13-11-24(25,23(28)29)22(27)20-10-9-17(14-21(20)18-6-3-2-4-7-18)16-33-34(30)26-15-19-8-5-12-32-19/h2-10,12,14,26H,11,13,15-16,25H2,1H3,(H,28,29). The summed E-state index contributed by atoms with van der Waals surface area (Å²) < 4.78 is 15.4. The monoisotopic (exact) mass is 534 g/mol. The number of carbonyl (C=O) groups is 2.